The van der Waals surface area contributed by atoms with Crippen molar-refractivity contribution in [2.75, 3.05) is 0 Å². The first-order chi connectivity index (χ1) is 12.1. The highest BCUT2D eigenvalue weighted by Crippen LogP contribution is 2.21. The molecule has 1 heterocycles. The summed E-state index contributed by atoms with van der Waals surface area (Å²) in [5.74, 6) is -0.00420. The zero-order valence-corrected chi connectivity index (χ0v) is 13.1. The van der Waals surface area contributed by atoms with Gasteiger partial charge in [-0.3, -0.25) is 4.79 Å². The van der Waals surface area contributed by atoms with Crippen molar-refractivity contribution in [2.24, 2.45) is 5.10 Å². The second-order valence-electron chi connectivity index (χ2n) is 5.26. The minimum absolute atomic E-state index is 0.322. The Morgan fingerprint density at radius 3 is 2.52 bits per heavy atom. The third kappa shape index (κ3) is 4.19. The van der Waals surface area contributed by atoms with E-state index in [2.05, 4.69) is 10.5 Å². The number of nitrogens with one attached hydrogen (secondary N) is 1. The van der Waals surface area contributed by atoms with Gasteiger partial charge < -0.3 is 9.52 Å². The van der Waals surface area contributed by atoms with Gasteiger partial charge in [0.1, 0.15) is 17.3 Å². The minimum atomic E-state index is -1.30. The lowest BCUT2D eigenvalue weighted by molar-refractivity contribution is -0.129. The zero-order chi connectivity index (χ0) is 17.6. The van der Waals surface area contributed by atoms with Crippen molar-refractivity contribution in [1.29, 1.82) is 0 Å². The molecule has 0 aliphatic carbocycles. The number of nitrogens with zero attached hydrogens (tertiary/aromatic N) is 1. The molecule has 6 heteroatoms. The molecule has 1 atom stereocenters. The number of carbonyl (C=O) groups excluding carboxylic acids is 1. The van der Waals surface area contributed by atoms with Crippen molar-refractivity contribution in [3.05, 3.63) is 83.9 Å². The van der Waals surface area contributed by atoms with E-state index in [0.29, 0.717) is 17.1 Å². The van der Waals surface area contributed by atoms with E-state index in [0.717, 1.165) is 5.56 Å². The molecular formula is C19H15FN2O3. The van der Waals surface area contributed by atoms with Gasteiger partial charge in [0.25, 0.3) is 5.91 Å². The Balaban J connectivity index is 1.61. The molecule has 2 aromatic carbocycles. The second-order valence-corrected chi connectivity index (χ2v) is 5.26. The monoisotopic (exact) mass is 338 g/mol. The maximum atomic E-state index is 12.9. The van der Waals surface area contributed by atoms with E-state index >= 15 is 0 Å². The molecule has 0 saturated heterocycles. The van der Waals surface area contributed by atoms with Gasteiger partial charge in [-0.25, -0.2) is 9.82 Å². The molecule has 5 nitrogen and oxygen atoms in total. The van der Waals surface area contributed by atoms with Gasteiger partial charge >= 0.3 is 0 Å². The van der Waals surface area contributed by atoms with Gasteiger partial charge in [0.15, 0.2) is 6.10 Å². The zero-order valence-electron chi connectivity index (χ0n) is 13.1. The molecule has 0 spiro atoms. The fraction of sp³-hybridized carbons (Fsp3) is 0.0526. The standard InChI is InChI=1S/C19H15FN2O3/c20-15-8-6-13(7-9-15)17-11-10-16(25-17)12-21-22-19(24)18(23)14-4-2-1-3-5-14/h1-12,18,23H,(H,22,24)/b21-12-/t18-/m1/s1. The van der Waals surface area contributed by atoms with Gasteiger partial charge in [0.05, 0.1) is 6.21 Å². The predicted octanol–water partition coefficient (Wildman–Crippen LogP) is 3.27. The molecule has 3 aromatic rings. The Hall–Kier alpha value is -3.25. The topological polar surface area (TPSA) is 74.8 Å². The smallest absolute Gasteiger partial charge is 0.273 e. The van der Waals surface area contributed by atoms with Gasteiger partial charge in [0, 0.05) is 5.56 Å². The summed E-state index contributed by atoms with van der Waals surface area (Å²) in [6.07, 6.45) is 0.0209. The number of hydrogen-bond acceptors (Lipinski definition) is 4. The number of rotatable bonds is 5. The average molecular weight is 338 g/mol. The maximum Gasteiger partial charge on any atom is 0.273 e. The van der Waals surface area contributed by atoms with Gasteiger partial charge in [-0.2, -0.15) is 5.10 Å². The first-order valence-electron chi connectivity index (χ1n) is 7.55. The Labute approximate surface area is 143 Å². The van der Waals surface area contributed by atoms with Crippen LogP contribution >= 0.6 is 0 Å². The summed E-state index contributed by atoms with van der Waals surface area (Å²) in [6, 6.07) is 17.8. The minimum Gasteiger partial charge on any atom is -0.455 e. The molecule has 2 N–H and O–H groups in total. The van der Waals surface area contributed by atoms with Crippen LogP contribution in [0.15, 0.2) is 76.2 Å². The molecule has 0 fully saturated rings. The first-order valence-corrected chi connectivity index (χ1v) is 7.55. The third-order valence-electron chi connectivity index (χ3n) is 3.49. The molecule has 0 bridgehead atoms. The quantitative estimate of drug-likeness (QED) is 0.554. The lowest BCUT2D eigenvalue weighted by atomic mass is 10.1. The molecule has 3 rings (SSSR count). The maximum absolute atomic E-state index is 12.9. The second kappa shape index (κ2) is 7.55. The van der Waals surface area contributed by atoms with Crippen LogP contribution in [0, 0.1) is 5.82 Å². The van der Waals surface area contributed by atoms with Crippen molar-refractivity contribution in [1.82, 2.24) is 5.43 Å². The van der Waals surface area contributed by atoms with Crippen LogP contribution in [-0.4, -0.2) is 17.2 Å². The molecule has 126 valence electrons. The van der Waals surface area contributed by atoms with Gasteiger partial charge in [0.2, 0.25) is 0 Å². The Kier molecular flexibility index (Phi) is 5.01. The van der Waals surface area contributed by atoms with Crippen molar-refractivity contribution in [2.45, 2.75) is 6.10 Å². The Morgan fingerprint density at radius 2 is 1.80 bits per heavy atom. The van der Waals surface area contributed by atoms with Gasteiger partial charge in [-0.15, -0.1) is 0 Å². The van der Waals surface area contributed by atoms with E-state index in [-0.39, 0.29) is 5.82 Å². The fourth-order valence-corrected chi connectivity index (χ4v) is 2.20. The summed E-state index contributed by atoms with van der Waals surface area (Å²) in [5.41, 5.74) is 3.46. The number of benzene rings is 2. The summed E-state index contributed by atoms with van der Waals surface area (Å²) in [7, 11) is 0. The van der Waals surface area contributed by atoms with Crippen LogP contribution < -0.4 is 5.43 Å². The number of halogens is 1. The highest BCUT2D eigenvalue weighted by Gasteiger charge is 2.16. The third-order valence-corrected chi connectivity index (χ3v) is 3.49. The SMILES string of the molecule is O=C(N/N=C\c1ccc(-c2ccc(F)cc2)o1)[C@H](O)c1ccccc1. The predicted molar refractivity (Wildman–Crippen MR) is 91.2 cm³/mol. The fourth-order valence-electron chi connectivity index (χ4n) is 2.20. The van der Waals surface area contributed by atoms with Crippen LogP contribution in [0.3, 0.4) is 0 Å². The summed E-state index contributed by atoms with van der Waals surface area (Å²) in [5, 5.41) is 13.7. The van der Waals surface area contributed by atoms with Crippen LogP contribution in [0.5, 0.6) is 0 Å². The van der Waals surface area contributed by atoms with Crippen LogP contribution in [0.4, 0.5) is 4.39 Å². The van der Waals surface area contributed by atoms with Crippen molar-refractivity contribution in [3.63, 3.8) is 0 Å². The number of aliphatic hydroxyl groups excluding tert-OH is 1. The Bertz CT molecular complexity index is 873. The molecule has 0 unspecified atom stereocenters. The molecule has 0 aliphatic rings. The van der Waals surface area contributed by atoms with E-state index in [1.807, 2.05) is 0 Å². The van der Waals surface area contributed by atoms with Gasteiger partial charge in [-0.05, 0) is 42.0 Å². The molecule has 0 aliphatic heterocycles. The Morgan fingerprint density at radius 1 is 1.08 bits per heavy atom. The van der Waals surface area contributed by atoms with Crippen molar-refractivity contribution in [3.8, 4) is 11.3 Å². The van der Waals surface area contributed by atoms with E-state index in [1.54, 1.807) is 54.6 Å². The molecule has 0 radical (unpaired) electrons. The van der Waals surface area contributed by atoms with Gasteiger partial charge in [-0.1, -0.05) is 30.3 Å². The molecular weight excluding hydrogens is 323 g/mol. The number of hydrazone groups is 1. The van der Waals surface area contributed by atoms with E-state index in [4.69, 9.17) is 4.42 Å². The van der Waals surface area contributed by atoms with E-state index < -0.39 is 12.0 Å². The number of furan rings is 1. The van der Waals surface area contributed by atoms with E-state index in [1.165, 1.54) is 18.3 Å². The highest BCUT2D eigenvalue weighted by molar-refractivity contribution is 5.84. The van der Waals surface area contributed by atoms with Crippen LogP contribution in [0.1, 0.15) is 17.4 Å². The highest BCUT2D eigenvalue weighted by atomic mass is 19.1. The van der Waals surface area contributed by atoms with Crippen LogP contribution in [-0.2, 0) is 4.79 Å². The van der Waals surface area contributed by atoms with Crippen LogP contribution in [0.2, 0.25) is 0 Å². The first kappa shape index (κ1) is 16.6. The molecule has 0 saturated carbocycles. The lowest BCUT2D eigenvalue weighted by Gasteiger charge is -2.08. The summed E-state index contributed by atoms with van der Waals surface area (Å²) >= 11 is 0. The number of aliphatic hydroxyl groups is 1. The number of carbonyl (C=O) groups is 1. The summed E-state index contributed by atoms with van der Waals surface area (Å²) < 4.78 is 18.5. The summed E-state index contributed by atoms with van der Waals surface area (Å²) in [4.78, 5) is 11.9. The largest absolute Gasteiger partial charge is 0.455 e. The average Bonchev–Trinajstić information content (AvgIpc) is 3.11. The normalized spacial score (nSPS) is 12.2. The number of amides is 1. The van der Waals surface area contributed by atoms with Crippen LogP contribution in [0.25, 0.3) is 11.3 Å². The number of hydrogen-bond donors (Lipinski definition) is 2. The van der Waals surface area contributed by atoms with Crippen molar-refractivity contribution >= 4 is 12.1 Å². The molecule has 1 aromatic heterocycles. The molecule has 25 heavy (non-hydrogen) atoms. The molecule has 1 amide bonds. The lowest BCUT2D eigenvalue weighted by Crippen LogP contribution is -2.25. The summed E-state index contributed by atoms with van der Waals surface area (Å²) in [6.45, 7) is 0. The van der Waals surface area contributed by atoms with E-state index in [9.17, 15) is 14.3 Å². The van der Waals surface area contributed by atoms with Crippen molar-refractivity contribution < 1.29 is 18.7 Å².